The van der Waals surface area contributed by atoms with E-state index in [1.807, 2.05) is 0 Å². The maximum atomic E-state index is 6.34. The molecule has 182 valence electrons. The van der Waals surface area contributed by atoms with Gasteiger partial charge in [0.2, 0.25) is 0 Å². The van der Waals surface area contributed by atoms with Crippen LogP contribution in [0.5, 0.6) is 0 Å². The Morgan fingerprint density at radius 1 is 0.606 bits per heavy atom. The summed E-state index contributed by atoms with van der Waals surface area (Å²) in [5, 5.41) is 0. The van der Waals surface area contributed by atoms with Crippen LogP contribution in [0, 0.1) is 29.6 Å². The van der Waals surface area contributed by atoms with Crippen LogP contribution in [-0.4, -0.2) is 36.1 Å². The zero-order chi connectivity index (χ0) is 22.2. The average molecular weight is 453 g/mol. The largest absolute Gasteiger partial charge is 0.475 e. The van der Waals surface area contributed by atoms with Gasteiger partial charge in [0.25, 0.3) is 0 Å². The number of aliphatic imine (C=N–C) groups is 2. The van der Waals surface area contributed by atoms with Crippen molar-refractivity contribution in [3.8, 4) is 0 Å². The first-order valence-electron chi connectivity index (χ1n) is 14.4. The molecular formula is C29H44N2O2. The zero-order valence-electron chi connectivity index (χ0n) is 20.7. The average Bonchev–Trinajstić information content (AvgIpc) is 3.47. The highest BCUT2D eigenvalue weighted by Crippen LogP contribution is 2.39. The lowest BCUT2D eigenvalue weighted by Crippen LogP contribution is -2.30. The second-order valence-electron chi connectivity index (χ2n) is 12.2. The minimum Gasteiger partial charge on any atom is -0.475 e. The van der Waals surface area contributed by atoms with E-state index in [0.717, 1.165) is 29.5 Å². The van der Waals surface area contributed by atoms with Gasteiger partial charge < -0.3 is 9.47 Å². The zero-order valence-corrected chi connectivity index (χ0v) is 20.7. The summed E-state index contributed by atoms with van der Waals surface area (Å²) < 4.78 is 12.6. The fourth-order valence-corrected chi connectivity index (χ4v) is 7.49. The van der Waals surface area contributed by atoms with Crippen molar-refractivity contribution >= 4 is 11.8 Å². The van der Waals surface area contributed by atoms with Crippen LogP contribution in [0.4, 0.5) is 0 Å². The third kappa shape index (κ3) is 4.91. The number of nitrogens with zero attached hydrogens (tertiary/aromatic N) is 2. The van der Waals surface area contributed by atoms with Crippen molar-refractivity contribution in [2.24, 2.45) is 39.6 Å². The fourth-order valence-electron chi connectivity index (χ4n) is 7.49. The second kappa shape index (κ2) is 9.74. The van der Waals surface area contributed by atoms with Crippen LogP contribution in [-0.2, 0) is 9.47 Å². The molecule has 0 spiro atoms. The third-order valence-corrected chi connectivity index (χ3v) is 9.71. The minimum absolute atomic E-state index is 0.397. The summed E-state index contributed by atoms with van der Waals surface area (Å²) in [4.78, 5) is 10.1. The number of allylic oxidation sites excluding steroid dienone is 2. The fraction of sp³-hybridized carbons (Fsp3) is 0.862. The van der Waals surface area contributed by atoms with Crippen molar-refractivity contribution in [2.75, 3.05) is 0 Å². The van der Waals surface area contributed by atoms with Gasteiger partial charge in [-0.1, -0.05) is 25.5 Å². The molecule has 6 rings (SSSR count). The molecule has 0 N–H and O–H groups in total. The highest BCUT2D eigenvalue weighted by Gasteiger charge is 2.39. The van der Waals surface area contributed by atoms with Crippen LogP contribution in [0.2, 0.25) is 0 Å². The van der Waals surface area contributed by atoms with Crippen molar-refractivity contribution in [1.82, 2.24) is 0 Å². The van der Waals surface area contributed by atoms with Crippen molar-refractivity contribution in [2.45, 2.75) is 128 Å². The molecule has 0 aromatic carbocycles. The quantitative estimate of drug-likeness (QED) is 0.436. The highest BCUT2D eigenvalue weighted by atomic mass is 16.5. The van der Waals surface area contributed by atoms with E-state index in [2.05, 4.69) is 19.1 Å². The molecule has 2 aliphatic heterocycles. The van der Waals surface area contributed by atoms with E-state index in [0.29, 0.717) is 36.1 Å². The SMILES string of the molecule is CC1CCC2OC(C3CCC(C=CC4CCC(C5=NC6CCCCC6O5)CC4)CC3)=NC2C1. The number of fused-ring (bicyclic) bond motifs is 2. The van der Waals surface area contributed by atoms with Crippen LogP contribution >= 0.6 is 0 Å². The molecule has 4 saturated carbocycles. The Morgan fingerprint density at radius 3 is 1.76 bits per heavy atom. The first-order chi connectivity index (χ1) is 16.2. The van der Waals surface area contributed by atoms with Crippen LogP contribution in [0.1, 0.15) is 103 Å². The van der Waals surface area contributed by atoms with Crippen molar-refractivity contribution < 1.29 is 9.47 Å². The highest BCUT2D eigenvalue weighted by molar-refractivity contribution is 5.81. The Morgan fingerprint density at radius 2 is 1.15 bits per heavy atom. The van der Waals surface area contributed by atoms with Crippen molar-refractivity contribution in [3.05, 3.63) is 12.2 Å². The van der Waals surface area contributed by atoms with Crippen molar-refractivity contribution in [1.29, 1.82) is 0 Å². The van der Waals surface area contributed by atoms with Gasteiger partial charge >= 0.3 is 0 Å². The Bertz CT molecular complexity index is 772. The molecule has 0 bridgehead atoms. The van der Waals surface area contributed by atoms with Gasteiger partial charge in [-0.3, -0.25) is 0 Å². The number of rotatable bonds is 4. The second-order valence-corrected chi connectivity index (χ2v) is 12.2. The van der Waals surface area contributed by atoms with Crippen molar-refractivity contribution in [3.63, 3.8) is 0 Å². The first kappa shape index (κ1) is 22.2. The molecule has 6 aliphatic rings. The van der Waals surface area contributed by atoms with Gasteiger partial charge in [-0.15, -0.1) is 0 Å². The maximum Gasteiger partial charge on any atom is 0.187 e. The molecule has 0 aromatic rings. The van der Waals surface area contributed by atoms with Gasteiger partial charge in [0.1, 0.15) is 12.2 Å². The smallest absolute Gasteiger partial charge is 0.187 e. The standard InChI is InChI=1S/C29H44N2O2/c1-19-6-17-27-25(18-19)31-29(33-27)23-15-11-21(12-16-23)8-7-20-9-13-22(14-10-20)28-30-24-4-2-3-5-26(24)32-28/h7-8,19-27H,2-6,9-18H2,1H3. The van der Waals surface area contributed by atoms with Crippen LogP contribution in [0.15, 0.2) is 22.1 Å². The lowest BCUT2D eigenvalue weighted by atomic mass is 9.79. The Hall–Kier alpha value is -1.32. The van der Waals surface area contributed by atoms with E-state index in [1.165, 1.54) is 96.3 Å². The van der Waals surface area contributed by atoms with Gasteiger partial charge in [0, 0.05) is 11.8 Å². The van der Waals surface area contributed by atoms with Crippen LogP contribution in [0.25, 0.3) is 0 Å². The Kier molecular flexibility index (Phi) is 6.54. The minimum atomic E-state index is 0.397. The summed E-state index contributed by atoms with van der Waals surface area (Å²) in [6, 6.07) is 0.941. The van der Waals surface area contributed by atoms with Gasteiger partial charge in [0.05, 0.1) is 12.1 Å². The molecule has 5 unspecified atom stereocenters. The summed E-state index contributed by atoms with van der Waals surface area (Å²) >= 11 is 0. The molecule has 0 radical (unpaired) electrons. The number of hydrogen-bond acceptors (Lipinski definition) is 4. The summed E-state index contributed by atoms with van der Waals surface area (Å²) in [5.74, 6) is 5.76. The third-order valence-electron chi connectivity index (χ3n) is 9.71. The van der Waals surface area contributed by atoms with Crippen LogP contribution in [0.3, 0.4) is 0 Å². The van der Waals surface area contributed by atoms with E-state index in [9.17, 15) is 0 Å². The van der Waals surface area contributed by atoms with Gasteiger partial charge in [-0.05, 0) is 108 Å². The number of ether oxygens (including phenoxy) is 2. The Labute approximate surface area is 200 Å². The molecule has 33 heavy (non-hydrogen) atoms. The normalized spacial score (nSPS) is 45.5. The monoisotopic (exact) mass is 452 g/mol. The molecule has 4 nitrogen and oxygen atoms in total. The van der Waals surface area contributed by atoms with E-state index in [1.54, 1.807) is 0 Å². The molecule has 0 amide bonds. The van der Waals surface area contributed by atoms with Crippen LogP contribution < -0.4 is 0 Å². The molecular weight excluding hydrogens is 408 g/mol. The van der Waals surface area contributed by atoms with E-state index in [4.69, 9.17) is 19.5 Å². The lowest BCUT2D eigenvalue weighted by molar-refractivity contribution is 0.122. The molecule has 2 heterocycles. The van der Waals surface area contributed by atoms with Gasteiger partial charge in [-0.25, -0.2) is 9.98 Å². The van der Waals surface area contributed by atoms with Gasteiger partial charge in [-0.2, -0.15) is 0 Å². The summed E-state index contributed by atoms with van der Waals surface area (Å²) in [5.41, 5.74) is 0. The molecule has 4 heteroatoms. The lowest BCUT2D eigenvalue weighted by Gasteiger charge is -2.29. The predicted molar refractivity (Wildman–Crippen MR) is 134 cm³/mol. The summed E-state index contributed by atoms with van der Waals surface area (Å²) in [7, 11) is 0. The molecule has 0 saturated heterocycles. The summed E-state index contributed by atoms with van der Waals surface area (Å²) in [6.07, 6.45) is 25.1. The first-order valence-corrected chi connectivity index (χ1v) is 14.4. The van der Waals surface area contributed by atoms with E-state index >= 15 is 0 Å². The van der Waals surface area contributed by atoms with E-state index < -0.39 is 0 Å². The predicted octanol–water partition coefficient (Wildman–Crippen LogP) is 6.88. The van der Waals surface area contributed by atoms with E-state index in [-0.39, 0.29) is 0 Å². The molecule has 4 aliphatic carbocycles. The summed E-state index contributed by atoms with van der Waals surface area (Å²) in [6.45, 7) is 2.37. The number of hydrogen-bond donors (Lipinski definition) is 0. The van der Waals surface area contributed by atoms with Gasteiger partial charge in [0.15, 0.2) is 11.8 Å². The molecule has 0 aromatic heterocycles. The Balaban J connectivity index is 0.937. The molecule has 5 atom stereocenters. The molecule has 4 fully saturated rings. The topological polar surface area (TPSA) is 43.2 Å². The maximum absolute atomic E-state index is 6.34.